The standard InChI is InChI=1S/C16H19N5O3S/c1-11(12-7-5-4-6-8-12)9-17-18-13(22)10-25-14-15(23)20(2)16(24)21(3)19-14/h4-9,11H,10H2,1-3H3,(H,18,22)/b17-9-/t11-/m1/s1. The highest BCUT2D eigenvalue weighted by atomic mass is 32.2. The summed E-state index contributed by atoms with van der Waals surface area (Å²) in [5.41, 5.74) is 2.47. The quantitative estimate of drug-likeness (QED) is 0.458. The van der Waals surface area contributed by atoms with Crippen molar-refractivity contribution in [2.45, 2.75) is 17.9 Å². The lowest BCUT2D eigenvalue weighted by atomic mass is 10.0. The number of hydrogen-bond acceptors (Lipinski definition) is 6. The maximum atomic E-state index is 11.9. The molecule has 0 saturated carbocycles. The van der Waals surface area contributed by atoms with Crippen LogP contribution < -0.4 is 16.7 Å². The molecular formula is C16H19N5O3S. The van der Waals surface area contributed by atoms with Gasteiger partial charge in [0.1, 0.15) is 0 Å². The fourth-order valence-corrected chi connectivity index (χ4v) is 2.76. The normalized spacial score (nSPS) is 12.3. The minimum atomic E-state index is -0.526. The lowest BCUT2D eigenvalue weighted by molar-refractivity contribution is -0.118. The second-order valence-electron chi connectivity index (χ2n) is 5.38. The first-order valence-corrected chi connectivity index (χ1v) is 8.53. The van der Waals surface area contributed by atoms with Gasteiger partial charge in [0, 0.05) is 26.2 Å². The van der Waals surface area contributed by atoms with E-state index in [-0.39, 0.29) is 22.6 Å². The van der Waals surface area contributed by atoms with Crippen molar-refractivity contribution in [3.05, 3.63) is 56.7 Å². The molecule has 1 aromatic carbocycles. The number of hydrogen-bond donors (Lipinski definition) is 1. The van der Waals surface area contributed by atoms with Gasteiger partial charge in [-0.25, -0.2) is 14.9 Å². The van der Waals surface area contributed by atoms with Crippen molar-refractivity contribution >= 4 is 23.9 Å². The molecule has 0 aliphatic heterocycles. The predicted octanol–water partition coefficient (Wildman–Crippen LogP) is 0.477. The number of aromatic nitrogens is 3. The van der Waals surface area contributed by atoms with E-state index in [0.29, 0.717) is 0 Å². The molecule has 2 aromatic rings. The van der Waals surface area contributed by atoms with Crippen molar-refractivity contribution < 1.29 is 4.79 Å². The van der Waals surface area contributed by atoms with E-state index < -0.39 is 11.2 Å². The molecule has 132 valence electrons. The number of hydrazone groups is 1. The maximum absolute atomic E-state index is 11.9. The Bertz CT molecular complexity index is 889. The minimum absolute atomic E-state index is 0.0303. The summed E-state index contributed by atoms with van der Waals surface area (Å²) in [5, 5.41) is 7.89. The first-order valence-electron chi connectivity index (χ1n) is 7.54. The second kappa shape index (κ2) is 8.43. The minimum Gasteiger partial charge on any atom is -0.272 e. The van der Waals surface area contributed by atoms with Crippen molar-refractivity contribution in [3.8, 4) is 0 Å². The smallest absolute Gasteiger partial charge is 0.272 e. The van der Waals surface area contributed by atoms with Gasteiger partial charge in [0.2, 0.25) is 5.91 Å². The molecule has 0 bridgehead atoms. The number of nitrogens with one attached hydrogen (secondary N) is 1. The van der Waals surface area contributed by atoms with Gasteiger partial charge in [0.15, 0.2) is 5.03 Å². The molecule has 1 N–H and O–H groups in total. The van der Waals surface area contributed by atoms with E-state index in [0.717, 1.165) is 26.6 Å². The average molecular weight is 361 g/mol. The van der Waals surface area contributed by atoms with Crippen molar-refractivity contribution in [3.63, 3.8) is 0 Å². The number of thioether (sulfide) groups is 1. The van der Waals surface area contributed by atoms with Crippen LogP contribution in [-0.4, -0.2) is 32.2 Å². The van der Waals surface area contributed by atoms with E-state index in [1.165, 1.54) is 14.1 Å². The summed E-state index contributed by atoms with van der Waals surface area (Å²) >= 11 is 0.957. The lowest BCUT2D eigenvalue weighted by Gasteiger charge is -2.06. The number of aryl methyl sites for hydroxylation is 1. The number of nitrogens with zero attached hydrogens (tertiary/aromatic N) is 4. The van der Waals surface area contributed by atoms with Crippen molar-refractivity contribution in [1.82, 2.24) is 19.8 Å². The second-order valence-corrected chi connectivity index (χ2v) is 6.34. The third-order valence-corrected chi connectivity index (χ3v) is 4.38. The van der Waals surface area contributed by atoms with Gasteiger partial charge < -0.3 is 0 Å². The predicted molar refractivity (Wildman–Crippen MR) is 96.9 cm³/mol. The van der Waals surface area contributed by atoms with E-state index in [4.69, 9.17) is 0 Å². The largest absolute Gasteiger partial charge is 0.346 e. The Labute approximate surface area is 148 Å². The van der Waals surface area contributed by atoms with Crippen LogP contribution in [0, 0.1) is 0 Å². The molecule has 1 heterocycles. The highest BCUT2D eigenvalue weighted by Gasteiger charge is 2.11. The molecule has 0 spiro atoms. The van der Waals surface area contributed by atoms with Crippen LogP contribution in [0.25, 0.3) is 0 Å². The Morgan fingerprint density at radius 2 is 2.00 bits per heavy atom. The summed E-state index contributed by atoms with van der Waals surface area (Å²) in [6.45, 7) is 1.97. The van der Waals surface area contributed by atoms with Gasteiger partial charge in [-0.1, -0.05) is 49.0 Å². The van der Waals surface area contributed by atoms with Gasteiger partial charge in [-0.2, -0.15) is 10.2 Å². The Morgan fingerprint density at radius 1 is 1.32 bits per heavy atom. The zero-order valence-electron chi connectivity index (χ0n) is 14.2. The molecule has 25 heavy (non-hydrogen) atoms. The molecule has 0 aliphatic rings. The van der Waals surface area contributed by atoms with E-state index in [1.54, 1.807) is 6.21 Å². The van der Waals surface area contributed by atoms with Crippen LogP contribution in [0.3, 0.4) is 0 Å². The average Bonchev–Trinajstić information content (AvgIpc) is 2.62. The third-order valence-electron chi connectivity index (χ3n) is 3.44. The Kier molecular flexibility index (Phi) is 6.29. The number of carbonyl (C=O) groups is 1. The van der Waals surface area contributed by atoms with Crippen LogP contribution in [0.4, 0.5) is 0 Å². The molecular weight excluding hydrogens is 342 g/mol. The molecule has 9 heteroatoms. The van der Waals surface area contributed by atoms with Gasteiger partial charge in [-0.3, -0.25) is 14.2 Å². The summed E-state index contributed by atoms with van der Waals surface area (Å²) in [4.78, 5) is 35.3. The van der Waals surface area contributed by atoms with Crippen LogP contribution in [0.1, 0.15) is 18.4 Å². The van der Waals surface area contributed by atoms with Gasteiger partial charge in [0.25, 0.3) is 5.56 Å². The van der Waals surface area contributed by atoms with Gasteiger partial charge in [-0.05, 0) is 5.56 Å². The SMILES string of the molecule is C[C@H](/C=N\NC(=O)CSc1nn(C)c(=O)n(C)c1=O)c1ccccc1. The maximum Gasteiger partial charge on any atom is 0.346 e. The molecule has 1 amide bonds. The molecule has 0 aliphatic carbocycles. The molecule has 1 aromatic heterocycles. The fraction of sp³-hybridized carbons (Fsp3) is 0.312. The third kappa shape index (κ3) is 4.90. The number of rotatable bonds is 6. The summed E-state index contributed by atoms with van der Waals surface area (Å²) < 4.78 is 2.01. The van der Waals surface area contributed by atoms with Crippen molar-refractivity contribution in [2.24, 2.45) is 19.2 Å². The van der Waals surface area contributed by atoms with Gasteiger partial charge in [-0.15, -0.1) is 0 Å². The monoisotopic (exact) mass is 361 g/mol. The van der Waals surface area contributed by atoms with Crippen molar-refractivity contribution in [1.29, 1.82) is 0 Å². The van der Waals surface area contributed by atoms with Crippen LogP contribution >= 0.6 is 11.8 Å². The van der Waals surface area contributed by atoms with E-state index in [2.05, 4.69) is 15.6 Å². The molecule has 2 rings (SSSR count). The Morgan fingerprint density at radius 3 is 2.68 bits per heavy atom. The van der Waals surface area contributed by atoms with Gasteiger partial charge >= 0.3 is 5.69 Å². The lowest BCUT2D eigenvalue weighted by Crippen LogP contribution is -2.39. The van der Waals surface area contributed by atoms with Crippen LogP contribution in [0.15, 0.2) is 50.0 Å². The zero-order chi connectivity index (χ0) is 18.4. The number of carbonyl (C=O) groups excluding carboxylic acids is 1. The number of benzene rings is 1. The molecule has 0 radical (unpaired) electrons. The zero-order valence-corrected chi connectivity index (χ0v) is 15.0. The molecule has 8 nitrogen and oxygen atoms in total. The molecule has 0 unspecified atom stereocenters. The van der Waals surface area contributed by atoms with E-state index in [1.807, 2.05) is 37.3 Å². The summed E-state index contributed by atoms with van der Waals surface area (Å²) in [6, 6.07) is 9.78. The van der Waals surface area contributed by atoms with Crippen LogP contribution in [-0.2, 0) is 18.9 Å². The van der Waals surface area contributed by atoms with E-state index >= 15 is 0 Å². The molecule has 0 saturated heterocycles. The number of amides is 1. The molecule has 0 fully saturated rings. The summed E-state index contributed by atoms with van der Waals surface area (Å²) in [5.74, 6) is -0.330. The van der Waals surface area contributed by atoms with Gasteiger partial charge in [0.05, 0.1) is 5.75 Å². The van der Waals surface area contributed by atoms with Crippen LogP contribution in [0.2, 0.25) is 0 Å². The topological polar surface area (TPSA) is 98.3 Å². The highest BCUT2D eigenvalue weighted by molar-refractivity contribution is 7.99. The first-order chi connectivity index (χ1) is 11.9. The van der Waals surface area contributed by atoms with E-state index in [9.17, 15) is 14.4 Å². The Hall–Kier alpha value is -2.68. The highest BCUT2D eigenvalue weighted by Crippen LogP contribution is 2.11. The summed E-state index contributed by atoms with van der Waals surface area (Å²) in [7, 11) is 2.81. The summed E-state index contributed by atoms with van der Waals surface area (Å²) in [6.07, 6.45) is 1.64. The van der Waals surface area contributed by atoms with Crippen molar-refractivity contribution in [2.75, 3.05) is 5.75 Å². The fourth-order valence-electron chi connectivity index (χ4n) is 1.99. The van der Waals surface area contributed by atoms with Crippen LogP contribution in [0.5, 0.6) is 0 Å². The molecule has 1 atom stereocenters. The first kappa shape index (κ1) is 18.7. The Balaban J connectivity index is 1.90.